The normalized spacial score (nSPS) is 13.4. The Morgan fingerprint density at radius 2 is 1.09 bits per heavy atom. The number of aliphatic carboxylic acids is 3. The number of Topliss-reactive ketones (excluding diaryl/α,β-unsaturated/α-hetero) is 1. The molecule has 0 spiro atoms. The molecule has 4 atom stereocenters. The van der Waals surface area contributed by atoms with Crippen molar-refractivity contribution in [1.82, 2.24) is 5.32 Å². The van der Waals surface area contributed by atoms with Crippen LogP contribution in [0.15, 0.2) is 66.7 Å². The summed E-state index contributed by atoms with van der Waals surface area (Å²) >= 11 is 0. The summed E-state index contributed by atoms with van der Waals surface area (Å²) in [5.74, 6) is -18.0. The third-order valence-electron chi connectivity index (χ3n) is 6.60. The number of rotatable bonds is 13. The molecule has 0 aromatic heterocycles. The van der Waals surface area contributed by atoms with Gasteiger partial charge in [-0.25, -0.2) is 22.4 Å². The van der Waals surface area contributed by atoms with Gasteiger partial charge in [0.25, 0.3) is 0 Å². The molecule has 10 nitrogen and oxygen atoms in total. The highest BCUT2D eigenvalue weighted by molar-refractivity contribution is 6.14. The van der Waals surface area contributed by atoms with E-state index in [4.69, 9.17) is 5.73 Å². The van der Waals surface area contributed by atoms with Gasteiger partial charge in [-0.2, -0.15) is 0 Å². The van der Waals surface area contributed by atoms with Crippen molar-refractivity contribution in [3.63, 3.8) is 0 Å². The number of ketones is 1. The number of carbonyl (C=O) groups is 5. The molecule has 3 aromatic carbocycles. The topological polar surface area (TPSA) is 184 Å². The molecule has 0 aliphatic rings. The molecule has 0 fully saturated rings. The molecule has 0 aliphatic heterocycles. The zero-order valence-corrected chi connectivity index (χ0v) is 24.6. The Bertz CT molecular complexity index is 1460. The highest BCUT2D eigenvalue weighted by Gasteiger charge is 2.43. The number of hydrogen-bond donors (Lipinski definition) is 5. The van der Waals surface area contributed by atoms with Crippen LogP contribution in [0.3, 0.4) is 0 Å². The van der Waals surface area contributed by atoms with Crippen LogP contribution in [-0.4, -0.2) is 57.0 Å². The molecule has 6 N–H and O–H groups in total. The Labute approximate surface area is 260 Å². The van der Waals surface area contributed by atoms with Crippen molar-refractivity contribution in [3.8, 4) is 0 Å². The standard InChI is InChI=1S/C17H10F4O5.C15H22N2O3/c18-7-3-1-4-8(19)11(7)13(16(23)24)15(22)14(17(25)26)12-9(20)5-2-6-10(12)21;1-10(2)8-12(16)14(18)17-13(15(19)20)9-11-6-4-3-5-7-11/h1-6,13-14H,(H,23,24)(H,25,26);3-7,10,12-13H,8-9,16H2,1-2H3,(H,17,18)(H,19,20)/t;12-,13-/m.0/s1. The lowest BCUT2D eigenvalue weighted by Gasteiger charge is -2.19. The Morgan fingerprint density at radius 1 is 0.674 bits per heavy atom. The molecule has 0 saturated heterocycles. The van der Waals surface area contributed by atoms with E-state index in [9.17, 15) is 56.9 Å². The van der Waals surface area contributed by atoms with Gasteiger partial charge < -0.3 is 26.4 Å². The quantitative estimate of drug-likeness (QED) is 0.135. The van der Waals surface area contributed by atoms with E-state index in [0.29, 0.717) is 30.7 Å². The molecular formula is C32H32F4N2O8. The van der Waals surface area contributed by atoms with Crippen molar-refractivity contribution in [3.05, 3.63) is 107 Å². The number of carboxylic acids is 3. The zero-order chi connectivity index (χ0) is 34.7. The first-order chi connectivity index (χ1) is 21.6. The SMILES string of the molecule is CC(C)C[C@H](N)C(=O)N[C@@H](Cc1ccccc1)C(=O)O.O=C(O)C(C(=O)C(C(=O)O)c1c(F)cccc1F)c1c(F)cccc1F. The number of nitrogens with two attached hydrogens (primary N) is 1. The monoisotopic (exact) mass is 648 g/mol. The van der Waals surface area contributed by atoms with Gasteiger partial charge in [-0.05, 0) is 42.2 Å². The number of halogens is 4. The summed E-state index contributed by atoms with van der Waals surface area (Å²) in [5, 5.41) is 30.2. The first kappa shape index (κ1) is 37.1. The molecule has 246 valence electrons. The fraction of sp³-hybridized carbons (Fsp3) is 0.281. The predicted molar refractivity (Wildman–Crippen MR) is 156 cm³/mol. The molecule has 46 heavy (non-hydrogen) atoms. The number of carbonyl (C=O) groups excluding carboxylic acids is 2. The van der Waals surface area contributed by atoms with Gasteiger partial charge in [0.2, 0.25) is 5.91 Å². The van der Waals surface area contributed by atoms with Gasteiger partial charge in [-0.3, -0.25) is 19.2 Å². The van der Waals surface area contributed by atoms with E-state index in [0.717, 1.165) is 17.7 Å². The third kappa shape index (κ3) is 9.95. The van der Waals surface area contributed by atoms with E-state index in [1.807, 2.05) is 44.2 Å². The number of amides is 1. The van der Waals surface area contributed by atoms with E-state index in [-0.39, 0.29) is 12.3 Å². The summed E-state index contributed by atoms with van der Waals surface area (Å²) in [7, 11) is 0. The fourth-order valence-electron chi connectivity index (χ4n) is 4.46. The summed E-state index contributed by atoms with van der Waals surface area (Å²) < 4.78 is 55.6. The van der Waals surface area contributed by atoms with Crippen LogP contribution in [0.5, 0.6) is 0 Å². The molecule has 0 aliphatic carbocycles. The summed E-state index contributed by atoms with van der Waals surface area (Å²) in [5.41, 5.74) is 4.18. The van der Waals surface area contributed by atoms with E-state index in [1.54, 1.807) is 0 Å². The molecule has 0 heterocycles. The van der Waals surface area contributed by atoms with Crippen LogP contribution >= 0.6 is 0 Å². The van der Waals surface area contributed by atoms with Crippen LogP contribution in [0.2, 0.25) is 0 Å². The van der Waals surface area contributed by atoms with E-state index < -0.39 is 87.9 Å². The Hall–Kier alpha value is -5.11. The Balaban J connectivity index is 0.000000332. The molecule has 0 radical (unpaired) electrons. The van der Waals surface area contributed by atoms with E-state index in [1.165, 1.54) is 0 Å². The van der Waals surface area contributed by atoms with Gasteiger partial charge in [-0.15, -0.1) is 0 Å². The van der Waals surface area contributed by atoms with Gasteiger partial charge in [0.1, 0.15) is 41.1 Å². The third-order valence-corrected chi connectivity index (χ3v) is 6.60. The van der Waals surface area contributed by atoms with Crippen LogP contribution in [0.4, 0.5) is 17.6 Å². The number of hydrogen-bond acceptors (Lipinski definition) is 6. The van der Waals surface area contributed by atoms with Gasteiger partial charge in [0.15, 0.2) is 5.78 Å². The smallest absolute Gasteiger partial charge is 0.326 e. The first-order valence-corrected chi connectivity index (χ1v) is 13.8. The highest BCUT2D eigenvalue weighted by atomic mass is 19.1. The van der Waals surface area contributed by atoms with Crippen LogP contribution in [0.25, 0.3) is 0 Å². The van der Waals surface area contributed by atoms with E-state index >= 15 is 0 Å². The lowest BCUT2D eigenvalue weighted by Crippen LogP contribution is -2.49. The van der Waals surface area contributed by atoms with Crippen molar-refractivity contribution >= 4 is 29.6 Å². The van der Waals surface area contributed by atoms with Crippen molar-refractivity contribution in [2.24, 2.45) is 11.7 Å². The first-order valence-electron chi connectivity index (χ1n) is 13.8. The second kappa shape index (κ2) is 16.8. The molecule has 2 unspecified atom stereocenters. The van der Waals surface area contributed by atoms with Crippen molar-refractivity contribution in [1.29, 1.82) is 0 Å². The largest absolute Gasteiger partial charge is 0.480 e. The van der Waals surface area contributed by atoms with Crippen molar-refractivity contribution < 1.29 is 56.9 Å². The summed E-state index contributed by atoms with van der Waals surface area (Å²) in [6.45, 7) is 3.93. The van der Waals surface area contributed by atoms with E-state index in [2.05, 4.69) is 5.32 Å². The Kier molecular flexibility index (Phi) is 13.6. The molecule has 1 amide bonds. The zero-order valence-electron chi connectivity index (χ0n) is 24.6. The highest BCUT2D eigenvalue weighted by Crippen LogP contribution is 2.32. The lowest BCUT2D eigenvalue weighted by atomic mass is 9.83. The minimum absolute atomic E-state index is 0.246. The number of carboxylic acid groups (broad SMARTS) is 3. The maximum atomic E-state index is 13.9. The number of benzene rings is 3. The van der Waals surface area contributed by atoms with Crippen LogP contribution in [0, 0.1) is 29.2 Å². The maximum Gasteiger partial charge on any atom is 0.326 e. The molecular weight excluding hydrogens is 616 g/mol. The van der Waals surface area contributed by atoms with Gasteiger partial charge in [0, 0.05) is 17.5 Å². The Morgan fingerprint density at radius 3 is 1.43 bits per heavy atom. The fourth-order valence-corrected chi connectivity index (χ4v) is 4.46. The predicted octanol–water partition coefficient (Wildman–Crippen LogP) is 4.02. The molecule has 3 rings (SSSR count). The minimum Gasteiger partial charge on any atom is -0.480 e. The second-order valence-electron chi connectivity index (χ2n) is 10.5. The molecule has 0 saturated carbocycles. The van der Waals surface area contributed by atoms with Gasteiger partial charge in [0.05, 0.1) is 6.04 Å². The summed E-state index contributed by atoms with van der Waals surface area (Å²) in [6.07, 6.45) is 0.778. The summed E-state index contributed by atoms with van der Waals surface area (Å²) in [4.78, 5) is 58.5. The minimum atomic E-state index is -2.61. The molecule has 3 aromatic rings. The summed E-state index contributed by atoms with van der Waals surface area (Å²) in [6, 6.07) is 12.0. The molecule has 0 bridgehead atoms. The van der Waals surface area contributed by atoms with Crippen LogP contribution in [-0.2, 0) is 30.4 Å². The number of nitrogens with one attached hydrogen (secondary N) is 1. The molecule has 14 heteroatoms. The van der Waals surface area contributed by atoms with Gasteiger partial charge in [-0.1, -0.05) is 56.3 Å². The average molecular weight is 649 g/mol. The van der Waals surface area contributed by atoms with Crippen molar-refractivity contribution in [2.75, 3.05) is 0 Å². The van der Waals surface area contributed by atoms with Gasteiger partial charge >= 0.3 is 17.9 Å². The van der Waals surface area contributed by atoms with Crippen LogP contribution in [0.1, 0.15) is 48.8 Å². The maximum absolute atomic E-state index is 13.9. The lowest BCUT2D eigenvalue weighted by molar-refractivity contribution is -0.147. The second-order valence-corrected chi connectivity index (χ2v) is 10.5. The van der Waals surface area contributed by atoms with Crippen molar-refractivity contribution in [2.45, 2.75) is 50.6 Å². The average Bonchev–Trinajstić information content (AvgIpc) is 2.96. The van der Waals surface area contributed by atoms with Crippen LogP contribution < -0.4 is 11.1 Å².